The number of halogens is 4. The summed E-state index contributed by atoms with van der Waals surface area (Å²) in [4.78, 5) is 14.5. The Morgan fingerprint density at radius 3 is 2.76 bits per heavy atom. The number of carbonyl (C=O) groups is 1. The molecule has 8 heteroatoms. The van der Waals surface area contributed by atoms with Crippen molar-refractivity contribution in [3.63, 3.8) is 0 Å². The molecule has 1 amide bonds. The van der Waals surface area contributed by atoms with Crippen LogP contribution in [0, 0.1) is 0 Å². The molecular formula is C9H8BrF3N2O2. The maximum Gasteiger partial charge on any atom is 0.422 e. The zero-order valence-corrected chi connectivity index (χ0v) is 10.2. The molecule has 0 aliphatic rings. The van der Waals surface area contributed by atoms with Gasteiger partial charge in [-0.25, -0.2) is 4.98 Å². The Morgan fingerprint density at radius 1 is 1.59 bits per heavy atom. The molecule has 0 saturated carbocycles. The number of carbonyl (C=O) groups excluding carboxylic acids is 1. The molecule has 1 N–H and O–H groups in total. The lowest BCUT2D eigenvalue weighted by Crippen LogP contribution is -2.20. The van der Waals surface area contributed by atoms with E-state index >= 15 is 0 Å². The first-order chi connectivity index (χ1) is 7.78. The van der Waals surface area contributed by atoms with Gasteiger partial charge >= 0.3 is 6.18 Å². The first-order valence-electron chi connectivity index (χ1n) is 4.40. The fourth-order valence-electron chi connectivity index (χ4n) is 0.971. The van der Waals surface area contributed by atoms with Crippen molar-refractivity contribution < 1.29 is 22.7 Å². The Morgan fingerprint density at radius 2 is 2.24 bits per heavy atom. The van der Waals surface area contributed by atoms with E-state index in [1.54, 1.807) is 0 Å². The zero-order valence-electron chi connectivity index (χ0n) is 8.64. The third kappa shape index (κ3) is 5.03. The van der Waals surface area contributed by atoms with Crippen LogP contribution >= 0.6 is 15.9 Å². The maximum atomic E-state index is 12.0. The van der Waals surface area contributed by atoms with Gasteiger partial charge in [-0.05, 0) is 22.0 Å². The Balaban J connectivity index is 2.86. The number of alkyl halides is 3. The summed E-state index contributed by atoms with van der Waals surface area (Å²) in [7, 11) is 0. The van der Waals surface area contributed by atoms with Crippen LogP contribution < -0.4 is 10.1 Å². The number of nitrogens with zero attached hydrogens (tertiary/aromatic N) is 1. The van der Waals surface area contributed by atoms with E-state index in [1.165, 1.54) is 19.2 Å². The number of nitrogens with one attached hydrogen (secondary N) is 1. The Labute approximate surface area is 103 Å². The number of hydrogen-bond donors (Lipinski definition) is 1. The molecule has 0 saturated heterocycles. The largest absolute Gasteiger partial charge is 0.467 e. The monoisotopic (exact) mass is 312 g/mol. The van der Waals surface area contributed by atoms with Gasteiger partial charge in [0.15, 0.2) is 6.61 Å². The third-order valence-corrected chi connectivity index (χ3v) is 1.93. The molecular weight excluding hydrogens is 305 g/mol. The molecule has 0 bridgehead atoms. The molecule has 94 valence electrons. The molecule has 17 heavy (non-hydrogen) atoms. The normalized spacial score (nSPS) is 11.1. The Hall–Kier alpha value is -1.31. The van der Waals surface area contributed by atoms with E-state index in [0.29, 0.717) is 4.47 Å². The van der Waals surface area contributed by atoms with Gasteiger partial charge in [-0.2, -0.15) is 13.2 Å². The van der Waals surface area contributed by atoms with Gasteiger partial charge in [0.1, 0.15) is 5.69 Å². The summed E-state index contributed by atoms with van der Waals surface area (Å²) in [6, 6.07) is 1.40. The molecule has 0 unspecified atom stereocenters. The lowest BCUT2D eigenvalue weighted by Gasteiger charge is -2.12. The van der Waals surface area contributed by atoms with Crippen molar-refractivity contribution in [2.24, 2.45) is 0 Å². The number of anilines is 1. The standard InChI is InChI=1S/C9H8BrF3N2O2/c1-5(16)15-7-2-6(10)3-14-8(7)17-4-9(11,12)13/h2-3H,4H2,1H3,(H,15,16). The van der Waals surface area contributed by atoms with Crippen molar-refractivity contribution in [3.05, 3.63) is 16.7 Å². The van der Waals surface area contributed by atoms with E-state index in [2.05, 4.69) is 31.0 Å². The van der Waals surface area contributed by atoms with E-state index in [-0.39, 0.29) is 11.6 Å². The molecule has 0 radical (unpaired) electrons. The summed E-state index contributed by atoms with van der Waals surface area (Å²) < 4.78 is 40.9. The minimum atomic E-state index is -4.46. The average molecular weight is 313 g/mol. The summed E-state index contributed by atoms with van der Waals surface area (Å²) in [6.07, 6.45) is -3.18. The van der Waals surface area contributed by atoms with E-state index in [0.717, 1.165) is 0 Å². The van der Waals surface area contributed by atoms with E-state index < -0.39 is 18.7 Å². The fourth-order valence-corrected chi connectivity index (χ4v) is 1.30. The maximum absolute atomic E-state index is 12.0. The highest BCUT2D eigenvalue weighted by atomic mass is 79.9. The van der Waals surface area contributed by atoms with Gasteiger partial charge in [-0.3, -0.25) is 4.79 Å². The molecule has 0 fully saturated rings. The summed E-state index contributed by atoms with van der Waals surface area (Å²) in [6.45, 7) is -0.233. The molecule has 0 aromatic carbocycles. The second-order valence-electron chi connectivity index (χ2n) is 3.09. The third-order valence-electron chi connectivity index (χ3n) is 1.50. The SMILES string of the molecule is CC(=O)Nc1cc(Br)cnc1OCC(F)(F)F. The van der Waals surface area contributed by atoms with Gasteiger partial charge in [0.05, 0.1) is 0 Å². The summed E-state index contributed by atoms with van der Waals surface area (Å²) in [5, 5.41) is 2.33. The highest BCUT2D eigenvalue weighted by molar-refractivity contribution is 9.10. The molecule has 1 heterocycles. The van der Waals surface area contributed by atoms with Crippen LogP contribution in [0.1, 0.15) is 6.92 Å². The smallest absolute Gasteiger partial charge is 0.422 e. The number of pyridine rings is 1. The van der Waals surface area contributed by atoms with Crippen LogP contribution in [0.2, 0.25) is 0 Å². The molecule has 0 aliphatic carbocycles. The molecule has 1 aromatic heterocycles. The number of ether oxygens (including phenoxy) is 1. The van der Waals surface area contributed by atoms with Crippen LogP contribution in [0.3, 0.4) is 0 Å². The lowest BCUT2D eigenvalue weighted by molar-refractivity contribution is -0.153. The minimum absolute atomic E-state index is 0.0797. The Kier molecular flexibility index (Phi) is 4.33. The van der Waals surface area contributed by atoms with E-state index in [1.807, 2.05) is 0 Å². The van der Waals surface area contributed by atoms with Crippen LogP contribution in [0.25, 0.3) is 0 Å². The molecule has 4 nitrogen and oxygen atoms in total. The highest BCUT2D eigenvalue weighted by Gasteiger charge is 2.29. The first-order valence-corrected chi connectivity index (χ1v) is 5.20. The van der Waals surface area contributed by atoms with Crippen molar-refractivity contribution in [2.75, 3.05) is 11.9 Å². The number of rotatable bonds is 3. The van der Waals surface area contributed by atoms with Gasteiger partial charge in [0, 0.05) is 17.6 Å². The number of amides is 1. The van der Waals surface area contributed by atoms with Crippen molar-refractivity contribution in [1.29, 1.82) is 0 Å². The number of aromatic nitrogens is 1. The topological polar surface area (TPSA) is 51.2 Å². The predicted octanol–water partition coefficient (Wildman–Crippen LogP) is 2.74. The van der Waals surface area contributed by atoms with Crippen molar-refractivity contribution in [2.45, 2.75) is 13.1 Å². The Bertz CT molecular complexity index is 423. The van der Waals surface area contributed by atoms with Crippen LogP contribution in [-0.2, 0) is 4.79 Å². The van der Waals surface area contributed by atoms with Gasteiger partial charge in [-0.15, -0.1) is 0 Å². The van der Waals surface area contributed by atoms with E-state index in [9.17, 15) is 18.0 Å². The van der Waals surface area contributed by atoms with Crippen molar-refractivity contribution in [3.8, 4) is 5.88 Å². The first kappa shape index (κ1) is 13.8. The van der Waals surface area contributed by atoms with E-state index in [4.69, 9.17) is 0 Å². The van der Waals surface area contributed by atoms with Gasteiger partial charge in [-0.1, -0.05) is 0 Å². The van der Waals surface area contributed by atoms with Gasteiger partial charge in [0.2, 0.25) is 11.8 Å². The fraction of sp³-hybridized carbons (Fsp3) is 0.333. The molecule has 1 rings (SSSR count). The van der Waals surface area contributed by atoms with Crippen LogP contribution in [0.15, 0.2) is 16.7 Å². The van der Waals surface area contributed by atoms with Crippen LogP contribution in [0.5, 0.6) is 5.88 Å². The second-order valence-corrected chi connectivity index (χ2v) is 4.01. The van der Waals surface area contributed by atoms with Crippen LogP contribution in [0.4, 0.5) is 18.9 Å². The second kappa shape index (κ2) is 5.35. The summed E-state index contributed by atoms with van der Waals surface area (Å²) >= 11 is 3.09. The van der Waals surface area contributed by atoms with Crippen molar-refractivity contribution >= 4 is 27.5 Å². The highest BCUT2D eigenvalue weighted by Crippen LogP contribution is 2.27. The summed E-state index contributed by atoms with van der Waals surface area (Å²) in [5.41, 5.74) is 0.0797. The van der Waals surface area contributed by atoms with Gasteiger partial charge < -0.3 is 10.1 Å². The number of hydrogen-bond acceptors (Lipinski definition) is 3. The predicted molar refractivity (Wildman–Crippen MR) is 57.8 cm³/mol. The summed E-state index contributed by atoms with van der Waals surface area (Å²) in [5.74, 6) is -0.706. The minimum Gasteiger partial charge on any atom is -0.467 e. The molecule has 0 aliphatic heterocycles. The molecule has 0 spiro atoms. The van der Waals surface area contributed by atoms with Crippen molar-refractivity contribution in [1.82, 2.24) is 4.98 Å². The zero-order chi connectivity index (χ0) is 13.1. The molecule has 1 aromatic rings. The average Bonchev–Trinajstić information content (AvgIpc) is 2.14. The molecule has 0 atom stereocenters. The quantitative estimate of drug-likeness (QED) is 0.933. The van der Waals surface area contributed by atoms with Gasteiger partial charge in [0.25, 0.3) is 0 Å². The van der Waals surface area contributed by atoms with Crippen LogP contribution in [-0.4, -0.2) is 23.7 Å². The lowest BCUT2D eigenvalue weighted by atomic mass is 10.4.